The molecule has 0 amide bonds. The zero-order valence-corrected chi connectivity index (χ0v) is 9.83. The van der Waals surface area contributed by atoms with E-state index in [1.807, 2.05) is 19.2 Å². The van der Waals surface area contributed by atoms with Gasteiger partial charge in [0.1, 0.15) is 5.78 Å². The number of ketones is 1. The van der Waals surface area contributed by atoms with Crippen LogP contribution < -0.4 is 0 Å². The summed E-state index contributed by atoms with van der Waals surface area (Å²) in [4.78, 5) is 13.6. The van der Waals surface area contributed by atoms with Crippen LogP contribution in [0.4, 0.5) is 0 Å². The highest BCUT2D eigenvalue weighted by atomic mass is 16.1. The number of likely N-dealkylation sites (tertiary alicyclic amines) is 1. The largest absolute Gasteiger partial charge is 0.298 e. The van der Waals surface area contributed by atoms with Crippen LogP contribution in [0.1, 0.15) is 26.2 Å². The fourth-order valence-corrected chi connectivity index (χ4v) is 2.72. The normalized spacial score (nSPS) is 25.1. The molecule has 1 saturated heterocycles. The first kappa shape index (κ1) is 12.2. The van der Waals surface area contributed by atoms with Crippen molar-refractivity contribution < 1.29 is 4.79 Å². The molecule has 0 aromatic rings. The predicted octanol–water partition coefficient (Wildman–Crippen LogP) is 2.42. The average molecular weight is 207 g/mol. The molecule has 84 valence electrons. The minimum atomic E-state index is 0.0879. The van der Waals surface area contributed by atoms with Gasteiger partial charge in [-0.1, -0.05) is 12.2 Å². The molecular formula is C13H21NO. The van der Waals surface area contributed by atoms with Crippen LogP contribution >= 0.6 is 0 Å². The average Bonchev–Trinajstić information content (AvgIpc) is 2.44. The van der Waals surface area contributed by atoms with Crippen molar-refractivity contribution in [1.29, 1.82) is 0 Å². The first-order chi connectivity index (χ1) is 7.04. The third-order valence-corrected chi connectivity index (χ3v) is 3.37. The summed E-state index contributed by atoms with van der Waals surface area (Å²) < 4.78 is 0. The van der Waals surface area contributed by atoms with Gasteiger partial charge in [0.05, 0.1) is 6.04 Å². The Morgan fingerprint density at radius 1 is 1.47 bits per heavy atom. The van der Waals surface area contributed by atoms with Gasteiger partial charge in [0.15, 0.2) is 0 Å². The molecule has 1 fully saturated rings. The quantitative estimate of drug-likeness (QED) is 0.645. The fourth-order valence-electron chi connectivity index (χ4n) is 2.72. The van der Waals surface area contributed by atoms with Gasteiger partial charge in [0, 0.05) is 6.54 Å². The van der Waals surface area contributed by atoms with E-state index in [0.29, 0.717) is 0 Å². The molecule has 0 N–H and O–H groups in total. The number of carbonyl (C=O) groups excluding carboxylic acids is 1. The van der Waals surface area contributed by atoms with Crippen molar-refractivity contribution in [3.8, 4) is 0 Å². The van der Waals surface area contributed by atoms with Crippen molar-refractivity contribution in [2.45, 2.75) is 32.2 Å². The molecule has 2 heteroatoms. The number of likely N-dealkylation sites (N-methyl/N-ethyl adjacent to an activating group) is 1. The standard InChI is InChI=1S/C13H21NO/c1-5-7-13(8-6-2)9-12(11(3)15)14(4)10-13/h5-6,12H,1-2,7-10H2,3-4H3. The van der Waals surface area contributed by atoms with Crippen LogP contribution in [0.2, 0.25) is 0 Å². The Kier molecular flexibility index (Phi) is 3.86. The molecule has 0 aromatic heterocycles. The number of allylic oxidation sites excluding steroid dienone is 2. The van der Waals surface area contributed by atoms with Gasteiger partial charge in [0.25, 0.3) is 0 Å². The zero-order valence-electron chi connectivity index (χ0n) is 9.83. The minimum absolute atomic E-state index is 0.0879. The van der Waals surface area contributed by atoms with E-state index < -0.39 is 0 Å². The van der Waals surface area contributed by atoms with Crippen LogP contribution in [-0.4, -0.2) is 30.3 Å². The molecule has 15 heavy (non-hydrogen) atoms. The Hall–Kier alpha value is -0.890. The van der Waals surface area contributed by atoms with E-state index in [1.165, 1.54) is 0 Å². The number of rotatable bonds is 5. The first-order valence-electron chi connectivity index (χ1n) is 5.47. The van der Waals surface area contributed by atoms with Crippen LogP contribution in [0.5, 0.6) is 0 Å². The van der Waals surface area contributed by atoms with Gasteiger partial charge in [-0.25, -0.2) is 0 Å². The maximum absolute atomic E-state index is 11.5. The van der Waals surface area contributed by atoms with E-state index in [4.69, 9.17) is 0 Å². The maximum Gasteiger partial charge on any atom is 0.146 e. The SMILES string of the molecule is C=CCC1(CC=C)CC(C(C)=O)N(C)C1. The second kappa shape index (κ2) is 4.75. The number of carbonyl (C=O) groups is 1. The molecule has 0 bridgehead atoms. The number of hydrogen-bond donors (Lipinski definition) is 0. The van der Waals surface area contributed by atoms with E-state index in [9.17, 15) is 4.79 Å². The number of nitrogens with zero attached hydrogens (tertiary/aromatic N) is 1. The van der Waals surface area contributed by atoms with E-state index >= 15 is 0 Å². The molecule has 1 rings (SSSR count). The molecule has 1 aliphatic heterocycles. The molecule has 1 aliphatic rings. The lowest BCUT2D eigenvalue weighted by Gasteiger charge is -2.25. The Morgan fingerprint density at radius 2 is 2.00 bits per heavy atom. The minimum Gasteiger partial charge on any atom is -0.298 e. The smallest absolute Gasteiger partial charge is 0.146 e. The van der Waals surface area contributed by atoms with Gasteiger partial charge in [-0.15, -0.1) is 13.2 Å². The monoisotopic (exact) mass is 207 g/mol. The van der Waals surface area contributed by atoms with Crippen LogP contribution in [0.3, 0.4) is 0 Å². The van der Waals surface area contributed by atoms with E-state index in [-0.39, 0.29) is 17.2 Å². The predicted molar refractivity (Wildman–Crippen MR) is 63.8 cm³/mol. The van der Waals surface area contributed by atoms with Gasteiger partial charge in [0.2, 0.25) is 0 Å². The maximum atomic E-state index is 11.5. The second-order valence-electron chi connectivity index (χ2n) is 4.73. The lowest BCUT2D eigenvalue weighted by molar-refractivity contribution is -0.120. The summed E-state index contributed by atoms with van der Waals surface area (Å²) in [6, 6.07) is 0.0879. The van der Waals surface area contributed by atoms with Crippen molar-refractivity contribution in [3.05, 3.63) is 25.3 Å². The molecule has 2 nitrogen and oxygen atoms in total. The highest BCUT2D eigenvalue weighted by Crippen LogP contribution is 2.40. The second-order valence-corrected chi connectivity index (χ2v) is 4.73. The van der Waals surface area contributed by atoms with Crippen molar-refractivity contribution in [3.63, 3.8) is 0 Å². The molecular weight excluding hydrogens is 186 g/mol. The van der Waals surface area contributed by atoms with Crippen LogP contribution in [0.15, 0.2) is 25.3 Å². The van der Waals surface area contributed by atoms with Crippen molar-refractivity contribution >= 4 is 5.78 Å². The summed E-state index contributed by atoms with van der Waals surface area (Å²) in [5.41, 5.74) is 0.189. The first-order valence-corrected chi connectivity index (χ1v) is 5.47. The molecule has 0 saturated carbocycles. The van der Waals surface area contributed by atoms with Crippen LogP contribution in [0, 0.1) is 5.41 Å². The Balaban J connectivity index is 2.81. The highest BCUT2D eigenvalue weighted by molar-refractivity contribution is 5.81. The van der Waals surface area contributed by atoms with Crippen LogP contribution in [0.25, 0.3) is 0 Å². The summed E-state index contributed by atoms with van der Waals surface area (Å²) in [7, 11) is 2.03. The highest BCUT2D eigenvalue weighted by Gasteiger charge is 2.42. The van der Waals surface area contributed by atoms with E-state index in [1.54, 1.807) is 6.92 Å². The molecule has 1 unspecified atom stereocenters. The molecule has 1 heterocycles. The Bertz CT molecular complexity index is 260. The zero-order chi connectivity index (χ0) is 11.5. The lowest BCUT2D eigenvalue weighted by Crippen LogP contribution is -2.31. The van der Waals surface area contributed by atoms with Crippen LogP contribution in [-0.2, 0) is 4.79 Å². The van der Waals surface area contributed by atoms with E-state index in [2.05, 4.69) is 18.1 Å². The lowest BCUT2D eigenvalue weighted by atomic mass is 9.79. The van der Waals surface area contributed by atoms with E-state index in [0.717, 1.165) is 25.8 Å². The number of hydrogen-bond acceptors (Lipinski definition) is 2. The van der Waals surface area contributed by atoms with Gasteiger partial charge in [-0.2, -0.15) is 0 Å². The summed E-state index contributed by atoms with van der Waals surface area (Å²) in [6.07, 6.45) is 6.79. The third-order valence-electron chi connectivity index (χ3n) is 3.37. The summed E-state index contributed by atoms with van der Waals surface area (Å²) in [6.45, 7) is 10.3. The third kappa shape index (κ3) is 2.57. The Labute approximate surface area is 92.7 Å². The molecule has 0 radical (unpaired) electrons. The van der Waals surface area contributed by atoms with Gasteiger partial charge in [-0.3, -0.25) is 9.69 Å². The van der Waals surface area contributed by atoms with Gasteiger partial charge in [-0.05, 0) is 38.6 Å². The number of Topliss-reactive ketones (excluding diaryl/α,β-unsaturated/α-hetero) is 1. The van der Waals surface area contributed by atoms with Crippen molar-refractivity contribution in [2.75, 3.05) is 13.6 Å². The summed E-state index contributed by atoms with van der Waals surface area (Å²) in [5.74, 6) is 0.271. The fraction of sp³-hybridized carbons (Fsp3) is 0.615. The van der Waals surface area contributed by atoms with Gasteiger partial charge >= 0.3 is 0 Å². The summed E-state index contributed by atoms with van der Waals surface area (Å²) >= 11 is 0. The summed E-state index contributed by atoms with van der Waals surface area (Å²) in [5, 5.41) is 0. The molecule has 0 aliphatic carbocycles. The topological polar surface area (TPSA) is 20.3 Å². The molecule has 1 atom stereocenters. The van der Waals surface area contributed by atoms with Crippen molar-refractivity contribution in [2.24, 2.45) is 5.41 Å². The molecule has 0 spiro atoms. The molecule has 0 aromatic carbocycles. The van der Waals surface area contributed by atoms with Gasteiger partial charge < -0.3 is 0 Å². The van der Waals surface area contributed by atoms with Crippen molar-refractivity contribution in [1.82, 2.24) is 4.90 Å². The Morgan fingerprint density at radius 3 is 2.33 bits per heavy atom.